The third kappa shape index (κ3) is 3.94. The van der Waals surface area contributed by atoms with Gasteiger partial charge in [-0.25, -0.2) is 0 Å². The number of esters is 1. The summed E-state index contributed by atoms with van der Waals surface area (Å²) in [6.07, 6.45) is 3.58. The third-order valence-electron chi connectivity index (χ3n) is 8.42. The highest BCUT2D eigenvalue weighted by Gasteiger charge is 2.57. The molecule has 4 N–H and O–H groups in total. The average Bonchev–Trinajstić information content (AvgIpc) is 2.97. The number of hydrogen-bond acceptors (Lipinski definition) is 6. The summed E-state index contributed by atoms with van der Waals surface area (Å²) in [6, 6.07) is 5.29. The van der Waals surface area contributed by atoms with Crippen molar-refractivity contribution in [1.29, 1.82) is 0 Å². The summed E-state index contributed by atoms with van der Waals surface area (Å²) in [5.74, 6) is 0.833. The number of hydrogen-bond donors (Lipinski definition) is 3. The normalized spacial score (nSPS) is 36.0. The SMILES string of the molecule is CC(=O)C(N)CC(C)C(=O)Oc1ccc2c(c1)CCC1C2CCC2(C)C(O)C(O)CC12. The van der Waals surface area contributed by atoms with Crippen LogP contribution in [0.4, 0.5) is 0 Å². The molecule has 0 heterocycles. The maximum Gasteiger partial charge on any atom is 0.314 e. The Morgan fingerprint density at radius 2 is 2.03 bits per heavy atom. The van der Waals surface area contributed by atoms with E-state index in [0.717, 1.165) is 25.7 Å². The predicted molar refractivity (Wildman–Crippen MR) is 117 cm³/mol. The van der Waals surface area contributed by atoms with Gasteiger partial charge in [-0.2, -0.15) is 0 Å². The maximum absolute atomic E-state index is 12.5. The highest BCUT2D eigenvalue weighted by Crippen LogP contribution is 2.60. The van der Waals surface area contributed by atoms with Crippen molar-refractivity contribution in [1.82, 2.24) is 0 Å². The molecule has 6 nitrogen and oxygen atoms in total. The van der Waals surface area contributed by atoms with Crippen molar-refractivity contribution in [3.8, 4) is 5.75 Å². The van der Waals surface area contributed by atoms with Crippen LogP contribution in [0.2, 0.25) is 0 Å². The number of ketones is 1. The monoisotopic (exact) mass is 429 g/mol. The zero-order valence-corrected chi connectivity index (χ0v) is 18.7. The van der Waals surface area contributed by atoms with Crippen molar-refractivity contribution in [2.24, 2.45) is 28.9 Å². The van der Waals surface area contributed by atoms with Crippen molar-refractivity contribution in [3.05, 3.63) is 29.3 Å². The first-order valence-corrected chi connectivity index (χ1v) is 11.6. The van der Waals surface area contributed by atoms with Gasteiger partial charge in [-0.1, -0.05) is 19.9 Å². The summed E-state index contributed by atoms with van der Waals surface area (Å²) in [6.45, 7) is 5.31. The number of fused-ring (bicyclic) bond motifs is 5. The molecule has 0 spiro atoms. The van der Waals surface area contributed by atoms with Crippen molar-refractivity contribution >= 4 is 11.8 Å². The Labute approximate surface area is 184 Å². The number of Topliss-reactive ketones (excluding diaryl/α,β-unsaturated/α-hetero) is 1. The molecule has 8 atom stereocenters. The second-order valence-electron chi connectivity index (χ2n) is 10.3. The number of carbonyl (C=O) groups is 2. The molecule has 0 aromatic heterocycles. The molecule has 0 radical (unpaired) electrons. The van der Waals surface area contributed by atoms with E-state index in [0.29, 0.717) is 29.9 Å². The number of rotatable bonds is 5. The standard InChI is InChI=1S/C25H35NO5/c1-13(10-21(26)14(2)27)24(30)31-16-5-7-17-15(11-16)4-6-19-18(17)8-9-25(3)20(19)12-22(28)23(25)29/h5,7,11,13,18-23,28-29H,4,6,8-10,12,26H2,1-3H3. The summed E-state index contributed by atoms with van der Waals surface area (Å²) < 4.78 is 5.60. The Kier molecular flexibility index (Phi) is 6.01. The molecule has 8 unspecified atom stereocenters. The molecule has 0 saturated heterocycles. The topological polar surface area (TPSA) is 110 Å². The van der Waals surface area contributed by atoms with Gasteiger partial charge in [0, 0.05) is 0 Å². The van der Waals surface area contributed by atoms with Gasteiger partial charge in [-0.15, -0.1) is 0 Å². The fourth-order valence-electron chi connectivity index (χ4n) is 6.47. The summed E-state index contributed by atoms with van der Waals surface area (Å²) in [7, 11) is 0. The van der Waals surface area contributed by atoms with Crippen molar-refractivity contribution < 1.29 is 24.5 Å². The number of carbonyl (C=O) groups excluding carboxylic acids is 2. The molecular formula is C25H35NO5. The van der Waals surface area contributed by atoms with E-state index in [4.69, 9.17) is 10.5 Å². The van der Waals surface area contributed by atoms with Crippen LogP contribution in [0.25, 0.3) is 0 Å². The lowest BCUT2D eigenvalue weighted by atomic mass is 9.55. The van der Waals surface area contributed by atoms with Crippen LogP contribution >= 0.6 is 0 Å². The Morgan fingerprint density at radius 3 is 2.74 bits per heavy atom. The van der Waals surface area contributed by atoms with Crippen LogP contribution < -0.4 is 10.5 Å². The minimum Gasteiger partial charge on any atom is -0.426 e. The number of benzene rings is 1. The van der Waals surface area contributed by atoms with Crippen LogP contribution in [-0.2, 0) is 16.0 Å². The molecule has 2 fully saturated rings. The molecule has 2 saturated carbocycles. The van der Waals surface area contributed by atoms with Gasteiger partial charge in [0.25, 0.3) is 0 Å². The minimum atomic E-state index is -0.646. The second kappa shape index (κ2) is 8.30. The van der Waals surface area contributed by atoms with Gasteiger partial charge in [0.05, 0.1) is 24.2 Å². The molecule has 170 valence electrons. The molecule has 4 rings (SSSR count). The number of aryl methyl sites for hydroxylation is 1. The molecular weight excluding hydrogens is 394 g/mol. The maximum atomic E-state index is 12.5. The Balaban J connectivity index is 1.47. The van der Waals surface area contributed by atoms with E-state index < -0.39 is 24.2 Å². The summed E-state index contributed by atoms with van der Waals surface area (Å²) in [4.78, 5) is 23.8. The fourth-order valence-corrected chi connectivity index (χ4v) is 6.47. The molecule has 1 aromatic rings. The molecule has 0 aliphatic heterocycles. The Hall–Kier alpha value is -1.76. The average molecular weight is 430 g/mol. The van der Waals surface area contributed by atoms with E-state index in [1.54, 1.807) is 6.92 Å². The van der Waals surface area contributed by atoms with E-state index in [2.05, 4.69) is 13.0 Å². The first-order valence-electron chi connectivity index (χ1n) is 11.6. The second-order valence-corrected chi connectivity index (χ2v) is 10.3. The third-order valence-corrected chi connectivity index (χ3v) is 8.42. The first kappa shape index (κ1) is 22.4. The van der Waals surface area contributed by atoms with Crippen LogP contribution in [-0.4, -0.2) is 40.2 Å². The van der Waals surface area contributed by atoms with E-state index >= 15 is 0 Å². The van der Waals surface area contributed by atoms with E-state index in [1.165, 1.54) is 18.1 Å². The van der Waals surface area contributed by atoms with Crippen molar-refractivity contribution in [2.75, 3.05) is 0 Å². The van der Waals surface area contributed by atoms with E-state index in [-0.39, 0.29) is 23.6 Å². The summed E-state index contributed by atoms with van der Waals surface area (Å²) in [5.41, 5.74) is 8.13. The zero-order valence-electron chi connectivity index (χ0n) is 18.7. The lowest BCUT2D eigenvalue weighted by Gasteiger charge is -2.49. The van der Waals surface area contributed by atoms with Gasteiger partial charge in [0.1, 0.15) is 11.5 Å². The first-order chi connectivity index (χ1) is 14.6. The number of aliphatic hydroxyl groups excluding tert-OH is 2. The highest BCUT2D eigenvalue weighted by molar-refractivity contribution is 5.82. The number of nitrogens with two attached hydrogens (primary N) is 1. The zero-order chi connectivity index (χ0) is 22.5. The highest BCUT2D eigenvalue weighted by atomic mass is 16.5. The van der Waals surface area contributed by atoms with Gasteiger partial charge in [-0.05, 0) is 91.9 Å². The minimum absolute atomic E-state index is 0.131. The lowest BCUT2D eigenvalue weighted by Crippen LogP contribution is -2.44. The smallest absolute Gasteiger partial charge is 0.314 e. The lowest BCUT2D eigenvalue weighted by molar-refractivity contribution is -0.138. The molecule has 1 aromatic carbocycles. The molecule has 0 amide bonds. The van der Waals surface area contributed by atoms with Crippen LogP contribution in [0.15, 0.2) is 18.2 Å². The molecule has 6 heteroatoms. The van der Waals surface area contributed by atoms with Crippen LogP contribution in [0.5, 0.6) is 5.75 Å². The largest absolute Gasteiger partial charge is 0.426 e. The summed E-state index contributed by atoms with van der Waals surface area (Å²) in [5, 5.41) is 20.9. The molecule has 3 aliphatic rings. The Bertz CT molecular complexity index is 869. The molecule has 0 bridgehead atoms. The van der Waals surface area contributed by atoms with E-state index in [9.17, 15) is 19.8 Å². The van der Waals surface area contributed by atoms with Crippen molar-refractivity contribution in [2.45, 2.75) is 83.5 Å². The van der Waals surface area contributed by atoms with Crippen LogP contribution in [0.1, 0.15) is 69.9 Å². The fraction of sp³-hybridized carbons (Fsp3) is 0.680. The number of aliphatic hydroxyl groups is 2. The molecule has 3 aliphatic carbocycles. The predicted octanol–water partition coefficient (Wildman–Crippen LogP) is 2.72. The van der Waals surface area contributed by atoms with Gasteiger partial charge in [-0.3, -0.25) is 9.59 Å². The Morgan fingerprint density at radius 1 is 1.29 bits per heavy atom. The van der Waals surface area contributed by atoms with Crippen LogP contribution in [0, 0.1) is 23.2 Å². The van der Waals surface area contributed by atoms with Crippen LogP contribution in [0.3, 0.4) is 0 Å². The van der Waals surface area contributed by atoms with Gasteiger partial charge in [0.2, 0.25) is 0 Å². The quantitative estimate of drug-likeness (QED) is 0.490. The summed E-state index contributed by atoms with van der Waals surface area (Å²) >= 11 is 0. The number of ether oxygens (including phenoxy) is 1. The van der Waals surface area contributed by atoms with Gasteiger partial charge in [0.15, 0.2) is 0 Å². The van der Waals surface area contributed by atoms with Crippen molar-refractivity contribution in [3.63, 3.8) is 0 Å². The van der Waals surface area contributed by atoms with Gasteiger partial charge >= 0.3 is 5.97 Å². The van der Waals surface area contributed by atoms with E-state index in [1.807, 2.05) is 12.1 Å². The molecule has 31 heavy (non-hydrogen) atoms. The van der Waals surface area contributed by atoms with Gasteiger partial charge < -0.3 is 20.7 Å².